The normalized spacial score (nSPS) is 11.0. The molecule has 0 fully saturated rings. The number of carbonyl (C=O) groups excluding carboxylic acids is 1. The SMILES string of the molecule is COc1ccccc1CCNC(=O)c1csc2nc(-c3cccs3)cn12. The third-order valence-electron chi connectivity index (χ3n) is 4.09. The second-order valence-corrected chi connectivity index (χ2v) is 7.48. The van der Waals surface area contributed by atoms with Gasteiger partial charge in [0, 0.05) is 18.1 Å². The van der Waals surface area contributed by atoms with Gasteiger partial charge in [-0.25, -0.2) is 4.98 Å². The van der Waals surface area contributed by atoms with Gasteiger partial charge in [0.25, 0.3) is 5.91 Å². The number of carbonyl (C=O) groups is 1. The van der Waals surface area contributed by atoms with Gasteiger partial charge in [0.1, 0.15) is 17.1 Å². The lowest BCUT2D eigenvalue weighted by molar-refractivity contribution is 0.0948. The van der Waals surface area contributed by atoms with Crippen molar-refractivity contribution < 1.29 is 9.53 Å². The Morgan fingerprint density at radius 2 is 2.12 bits per heavy atom. The van der Waals surface area contributed by atoms with E-state index in [2.05, 4.69) is 10.3 Å². The summed E-state index contributed by atoms with van der Waals surface area (Å²) in [6.07, 6.45) is 2.64. The number of benzene rings is 1. The van der Waals surface area contributed by atoms with Crippen molar-refractivity contribution in [1.29, 1.82) is 0 Å². The molecule has 0 radical (unpaired) electrons. The molecule has 0 unspecified atom stereocenters. The Balaban J connectivity index is 1.46. The molecule has 1 N–H and O–H groups in total. The second-order valence-electron chi connectivity index (χ2n) is 5.69. The molecule has 0 saturated heterocycles. The summed E-state index contributed by atoms with van der Waals surface area (Å²) in [6, 6.07) is 11.9. The van der Waals surface area contributed by atoms with Gasteiger partial charge in [0.15, 0.2) is 4.96 Å². The Bertz CT molecular complexity index is 1030. The predicted molar refractivity (Wildman–Crippen MR) is 105 cm³/mol. The summed E-state index contributed by atoms with van der Waals surface area (Å²) in [6.45, 7) is 0.545. The third kappa shape index (κ3) is 3.23. The quantitative estimate of drug-likeness (QED) is 0.545. The first-order valence-electron chi connectivity index (χ1n) is 8.17. The minimum atomic E-state index is -0.0960. The van der Waals surface area contributed by atoms with Gasteiger partial charge in [-0.15, -0.1) is 22.7 Å². The number of nitrogens with zero attached hydrogens (tertiary/aromatic N) is 2. The lowest BCUT2D eigenvalue weighted by Crippen LogP contribution is -2.26. The summed E-state index contributed by atoms with van der Waals surface area (Å²) in [7, 11) is 1.66. The van der Waals surface area contributed by atoms with E-state index in [1.165, 1.54) is 11.3 Å². The van der Waals surface area contributed by atoms with Crippen molar-refractivity contribution >= 4 is 33.5 Å². The van der Waals surface area contributed by atoms with E-state index in [0.717, 1.165) is 26.8 Å². The van der Waals surface area contributed by atoms with E-state index in [1.807, 2.05) is 57.8 Å². The maximum absolute atomic E-state index is 12.6. The molecular formula is C19H17N3O2S2. The van der Waals surface area contributed by atoms with Crippen LogP contribution in [0.1, 0.15) is 16.1 Å². The fraction of sp³-hybridized carbons (Fsp3) is 0.158. The average molecular weight is 383 g/mol. The summed E-state index contributed by atoms with van der Waals surface area (Å²) in [5, 5.41) is 6.86. The highest BCUT2D eigenvalue weighted by molar-refractivity contribution is 7.15. The number of para-hydroxylation sites is 1. The van der Waals surface area contributed by atoms with Crippen molar-refractivity contribution in [2.24, 2.45) is 0 Å². The maximum atomic E-state index is 12.6. The maximum Gasteiger partial charge on any atom is 0.269 e. The van der Waals surface area contributed by atoms with Crippen molar-refractivity contribution in [3.05, 3.63) is 64.6 Å². The van der Waals surface area contributed by atoms with Crippen LogP contribution in [0, 0.1) is 0 Å². The summed E-state index contributed by atoms with van der Waals surface area (Å²) in [4.78, 5) is 19.1. The minimum Gasteiger partial charge on any atom is -0.496 e. The number of methoxy groups -OCH3 is 1. The molecule has 0 saturated carbocycles. The van der Waals surface area contributed by atoms with Gasteiger partial charge in [0.05, 0.1) is 12.0 Å². The first-order valence-corrected chi connectivity index (χ1v) is 9.93. The molecule has 0 aliphatic carbocycles. The van der Waals surface area contributed by atoms with Crippen LogP contribution in [0.25, 0.3) is 15.5 Å². The number of aromatic nitrogens is 2. The zero-order chi connectivity index (χ0) is 17.9. The molecule has 3 aromatic heterocycles. The number of thiazole rings is 1. The van der Waals surface area contributed by atoms with Gasteiger partial charge < -0.3 is 10.1 Å². The van der Waals surface area contributed by atoms with Crippen molar-refractivity contribution in [2.45, 2.75) is 6.42 Å². The Morgan fingerprint density at radius 1 is 1.23 bits per heavy atom. The highest BCUT2D eigenvalue weighted by Gasteiger charge is 2.15. The van der Waals surface area contributed by atoms with Crippen LogP contribution in [0.4, 0.5) is 0 Å². The zero-order valence-electron chi connectivity index (χ0n) is 14.1. The minimum absolute atomic E-state index is 0.0960. The van der Waals surface area contributed by atoms with Gasteiger partial charge in [-0.2, -0.15) is 0 Å². The number of imidazole rings is 1. The van der Waals surface area contributed by atoms with Crippen molar-refractivity contribution in [1.82, 2.24) is 14.7 Å². The van der Waals surface area contributed by atoms with Crippen LogP contribution in [-0.2, 0) is 6.42 Å². The number of hydrogen-bond acceptors (Lipinski definition) is 5. The molecule has 4 rings (SSSR count). The molecule has 132 valence electrons. The number of rotatable bonds is 6. The molecule has 0 aliphatic heterocycles. The number of ether oxygens (including phenoxy) is 1. The van der Waals surface area contributed by atoms with Gasteiger partial charge in [-0.1, -0.05) is 24.3 Å². The van der Waals surface area contributed by atoms with Crippen LogP contribution in [-0.4, -0.2) is 28.9 Å². The third-order valence-corrected chi connectivity index (χ3v) is 5.82. The van der Waals surface area contributed by atoms with Crippen LogP contribution in [0.5, 0.6) is 5.75 Å². The topological polar surface area (TPSA) is 55.6 Å². The standard InChI is InChI=1S/C19H17N3O2S2/c1-24-16-6-3-2-5-13(16)8-9-20-18(23)15-12-26-19-21-14(11-22(15)19)17-7-4-10-25-17/h2-7,10-12H,8-9H2,1H3,(H,20,23). The summed E-state index contributed by atoms with van der Waals surface area (Å²) in [5.74, 6) is 0.746. The Morgan fingerprint density at radius 3 is 2.92 bits per heavy atom. The molecule has 0 spiro atoms. The lowest BCUT2D eigenvalue weighted by Gasteiger charge is -2.08. The van der Waals surface area contributed by atoms with E-state index in [9.17, 15) is 4.79 Å². The monoisotopic (exact) mass is 383 g/mol. The van der Waals surface area contributed by atoms with E-state index in [1.54, 1.807) is 18.4 Å². The molecule has 0 atom stereocenters. The fourth-order valence-corrected chi connectivity index (χ4v) is 4.33. The summed E-state index contributed by atoms with van der Waals surface area (Å²) < 4.78 is 7.21. The number of thiophene rings is 1. The van der Waals surface area contributed by atoms with Gasteiger partial charge in [0.2, 0.25) is 0 Å². The predicted octanol–water partition coefficient (Wildman–Crippen LogP) is 4.11. The van der Waals surface area contributed by atoms with Crippen LogP contribution in [0.2, 0.25) is 0 Å². The molecule has 7 heteroatoms. The second kappa shape index (κ2) is 7.31. The molecule has 3 heterocycles. The first kappa shape index (κ1) is 16.8. The Labute approximate surface area is 158 Å². The highest BCUT2D eigenvalue weighted by atomic mass is 32.1. The Kier molecular flexibility index (Phi) is 4.73. The van der Waals surface area contributed by atoms with Crippen molar-refractivity contribution in [3.8, 4) is 16.3 Å². The van der Waals surface area contributed by atoms with Crippen molar-refractivity contribution in [3.63, 3.8) is 0 Å². The first-order chi connectivity index (χ1) is 12.8. The summed E-state index contributed by atoms with van der Waals surface area (Å²) in [5.41, 5.74) is 2.59. The van der Waals surface area contributed by atoms with E-state index in [-0.39, 0.29) is 5.91 Å². The van der Waals surface area contributed by atoms with Crippen LogP contribution in [0.15, 0.2) is 53.4 Å². The molecular weight excluding hydrogens is 366 g/mol. The molecule has 4 aromatic rings. The highest BCUT2D eigenvalue weighted by Crippen LogP contribution is 2.27. The van der Waals surface area contributed by atoms with E-state index < -0.39 is 0 Å². The van der Waals surface area contributed by atoms with Crippen LogP contribution in [0.3, 0.4) is 0 Å². The average Bonchev–Trinajstić information content (AvgIpc) is 3.38. The number of amides is 1. The number of fused-ring (bicyclic) bond motifs is 1. The fourth-order valence-electron chi connectivity index (χ4n) is 2.80. The largest absolute Gasteiger partial charge is 0.496 e. The molecule has 1 amide bonds. The molecule has 0 bridgehead atoms. The van der Waals surface area contributed by atoms with Crippen LogP contribution >= 0.6 is 22.7 Å². The summed E-state index contributed by atoms with van der Waals surface area (Å²) >= 11 is 3.11. The van der Waals surface area contributed by atoms with Gasteiger partial charge in [-0.3, -0.25) is 9.20 Å². The van der Waals surface area contributed by atoms with E-state index in [0.29, 0.717) is 18.7 Å². The molecule has 5 nitrogen and oxygen atoms in total. The van der Waals surface area contributed by atoms with E-state index in [4.69, 9.17) is 4.74 Å². The Hall–Kier alpha value is -2.64. The molecule has 1 aromatic carbocycles. The number of nitrogens with one attached hydrogen (secondary N) is 1. The number of hydrogen-bond donors (Lipinski definition) is 1. The van der Waals surface area contributed by atoms with E-state index >= 15 is 0 Å². The van der Waals surface area contributed by atoms with Crippen molar-refractivity contribution in [2.75, 3.05) is 13.7 Å². The van der Waals surface area contributed by atoms with Gasteiger partial charge in [-0.05, 0) is 29.5 Å². The molecule has 26 heavy (non-hydrogen) atoms. The lowest BCUT2D eigenvalue weighted by atomic mass is 10.1. The molecule has 0 aliphatic rings. The zero-order valence-corrected chi connectivity index (χ0v) is 15.8. The van der Waals surface area contributed by atoms with Gasteiger partial charge >= 0.3 is 0 Å². The smallest absolute Gasteiger partial charge is 0.269 e. The van der Waals surface area contributed by atoms with Crippen LogP contribution < -0.4 is 10.1 Å².